The van der Waals surface area contributed by atoms with E-state index in [2.05, 4.69) is 0 Å². The second-order valence-electron chi connectivity index (χ2n) is 3.43. The topological polar surface area (TPSA) is 94.9 Å². The van der Waals surface area contributed by atoms with Gasteiger partial charge >= 0.3 is 24.0 Å². The Bertz CT molecular complexity index is 329. The van der Waals surface area contributed by atoms with Crippen LogP contribution in [0.4, 0.5) is 13.2 Å². The zero-order valence-electron chi connectivity index (χ0n) is 9.24. The van der Waals surface area contributed by atoms with E-state index in [-0.39, 0.29) is 6.42 Å². The van der Waals surface area contributed by atoms with Crippen LogP contribution in [0.25, 0.3) is 0 Å². The summed E-state index contributed by atoms with van der Waals surface area (Å²) >= 11 is 0. The minimum Gasteiger partial charge on any atom is -0.481 e. The smallest absolute Gasteiger partial charge is 0.471 e. The van der Waals surface area contributed by atoms with Crippen molar-refractivity contribution < 1.29 is 37.8 Å². The summed E-state index contributed by atoms with van der Waals surface area (Å²) in [6, 6.07) is 0. The Kier molecular flexibility index (Phi) is 6.14. The molecule has 0 aliphatic heterocycles. The normalized spacial score (nSPS) is 11.1. The van der Waals surface area contributed by atoms with Crippen molar-refractivity contribution in [1.29, 1.82) is 0 Å². The standard InChI is InChI=1S/C9H12F3NO5/c10-9(11,12)8(18)13(5-3-7(16)17)4-1-2-6(14)15/h1-5H2,(H,14,15)(H,16,17). The lowest BCUT2D eigenvalue weighted by Gasteiger charge is -2.22. The first-order valence-corrected chi connectivity index (χ1v) is 4.94. The highest BCUT2D eigenvalue weighted by molar-refractivity contribution is 5.82. The van der Waals surface area contributed by atoms with Gasteiger partial charge < -0.3 is 15.1 Å². The summed E-state index contributed by atoms with van der Waals surface area (Å²) in [7, 11) is 0. The van der Waals surface area contributed by atoms with Gasteiger partial charge in [-0.1, -0.05) is 0 Å². The first kappa shape index (κ1) is 16.2. The van der Waals surface area contributed by atoms with Crippen LogP contribution in [0.15, 0.2) is 0 Å². The third-order valence-electron chi connectivity index (χ3n) is 1.94. The fourth-order valence-corrected chi connectivity index (χ4v) is 1.15. The summed E-state index contributed by atoms with van der Waals surface area (Å²) in [6.07, 6.45) is -6.29. The van der Waals surface area contributed by atoms with E-state index in [4.69, 9.17) is 10.2 Å². The molecule has 2 N–H and O–H groups in total. The van der Waals surface area contributed by atoms with Crippen LogP contribution in [-0.2, 0) is 14.4 Å². The number of nitrogens with zero attached hydrogens (tertiary/aromatic N) is 1. The monoisotopic (exact) mass is 271 g/mol. The molecular formula is C9H12F3NO5. The van der Waals surface area contributed by atoms with Crippen LogP contribution in [0.2, 0.25) is 0 Å². The van der Waals surface area contributed by atoms with Gasteiger partial charge in [-0.05, 0) is 6.42 Å². The Balaban J connectivity index is 4.46. The Morgan fingerprint density at radius 3 is 1.83 bits per heavy atom. The van der Waals surface area contributed by atoms with Crippen molar-refractivity contribution in [3.63, 3.8) is 0 Å². The molecule has 0 aromatic rings. The van der Waals surface area contributed by atoms with Crippen LogP contribution < -0.4 is 0 Å². The van der Waals surface area contributed by atoms with E-state index >= 15 is 0 Å². The first-order chi connectivity index (χ1) is 8.14. The van der Waals surface area contributed by atoms with Crippen LogP contribution in [0, 0.1) is 0 Å². The van der Waals surface area contributed by atoms with Crippen molar-refractivity contribution in [3.05, 3.63) is 0 Å². The fourth-order valence-electron chi connectivity index (χ4n) is 1.15. The molecular weight excluding hydrogens is 259 g/mol. The second kappa shape index (κ2) is 6.82. The molecule has 18 heavy (non-hydrogen) atoms. The number of carboxylic acid groups (broad SMARTS) is 2. The lowest BCUT2D eigenvalue weighted by molar-refractivity contribution is -0.185. The molecule has 0 aromatic heterocycles. The Hall–Kier alpha value is -1.80. The van der Waals surface area contributed by atoms with Gasteiger partial charge in [-0.2, -0.15) is 13.2 Å². The van der Waals surface area contributed by atoms with Gasteiger partial charge in [0.05, 0.1) is 6.42 Å². The van der Waals surface area contributed by atoms with Crippen LogP contribution in [0.3, 0.4) is 0 Å². The van der Waals surface area contributed by atoms with Crippen LogP contribution in [0.5, 0.6) is 0 Å². The largest absolute Gasteiger partial charge is 0.481 e. The number of hydrogen-bond acceptors (Lipinski definition) is 3. The van der Waals surface area contributed by atoms with Gasteiger partial charge in [0.1, 0.15) is 0 Å². The molecule has 0 bridgehead atoms. The number of amides is 1. The minimum atomic E-state index is -5.10. The van der Waals surface area contributed by atoms with Gasteiger partial charge in [-0.15, -0.1) is 0 Å². The van der Waals surface area contributed by atoms with E-state index < -0.39 is 50.0 Å². The molecule has 0 spiro atoms. The SMILES string of the molecule is O=C(O)CCCN(CCC(=O)O)C(=O)C(F)(F)F. The molecule has 0 rings (SSSR count). The summed E-state index contributed by atoms with van der Waals surface area (Å²) in [4.78, 5) is 31.7. The van der Waals surface area contributed by atoms with Gasteiger partial charge in [0.2, 0.25) is 0 Å². The number of aliphatic carboxylic acids is 2. The number of carbonyl (C=O) groups excluding carboxylic acids is 1. The maximum atomic E-state index is 12.2. The van der Waals surface area contributed by atoms with E-state index in [0.717, 1.165) is 0 Å². The van der Waals surface area contributed by atoms with Crippen molar-refractivity contribution >= 4 is 17.8 Å². The van der Waals surface area contributed by atoms with Crippen LogP contribution in [0.1, 0.15) is 19.3 Å². The summed E-state index contributed by atoms with van der Waals surface area (Å²) in [5, 5.41) is 16.7. The molecule has 104 valence electrons. The quantitative estimate of drug-likeness (QED) is 0.711. The molecule has 1 amide bonds. The summed E-state index contributed by atoms with van der Waals surface area (Å²) in [5.41, 5.74) is 0. The maximum Gasteiger partial charge on any atom is 0.471 e. The van der Waals surface area contributed by atoms with Crippen molar-refractivity contribution in [3.8, 4) is 0 Å². The van der Waals surface area contributed by atoms with E-state index in [1.165, 1.54) is 0 Å². The van der Waals surface area contributed by atoms with Gasteiger partial charge in [0, 0.05) is 19.5 Å². The highest BCUT2D eigenvalue weighted by Gasteiger charge is 2.42. The summed E-state index contributed by atoms with van der Waals surface area (Å²) in [5.74, 6) is -4.70. The molecule has 9 heteroatoms. The number of carbonyl (C=O) groups is 3. The van der Waals surface area contributed by atoms with Gasteiger partial charge in [0.25, 0.3) is 0 Å². The Labute approximate surface area is 100.0 Å². The average Bonchev–Trinajstić information content (AvgIpc) is 2.20. The lowest BCUT2D eigenvalue weighted by atomic mass is 10.2. The molecule has 0 atom stereocenters. The molecule has 0 fully saturated rings. The predicted molar refractivity (Wildman–Crippen MR) is 51.8 cm³/mol. The highest BCUT2D eigenvalue weighted by atomic mass is 19.4. The molecule has 0 heterocycles. The molecule has 0 radical (unpaired) electrons. The van der Waals surface area contributed by atoms with Gasteiger partial charge in [-0.3, -0.25) is 14.4 Å². The number of rotatable bonds is 7. The number of alkyl halides is 3. The molecule has 0 saturated carbocycles. The van der Waals surface area contributed by atoms with Crippen molar-refractivity contribution in [2.24, 2.45) is 0 Å². The molecule has 0 aliphatic carbocycles. The third kappa shape index (κ3) is 6.71. The van der Waals surface area contributed by atoms with Crippen molar-refractivity contribution in [1.82, 2.24) is 4.90 Å². The van der Waals surface area contributed by atoms with Crippen LogP contribution >= 0.6 is 0 Å². The molecule has 0 saturated heterocycles. The van der Waals surface area contributed by atoms with E-state index in [0.29, 0.717) is 4.90 Å². The van der Waals surface area contributed by atoms with Crippen molar-refractivity contribution in [2.45, 2.75) is 25.4 Å². The van der Waals surface area contributed by atoms with E-state index in [9.17, 15) is 27.6 Å². The summed E-state index contributed by atoms with van der Waals surface area (Å²) < 4.78 is 36.5. The lowest BCUT2D eigenvalue weighted by Crippen LogP contribution is -2.42. The van der Waals surface area contributed by atoms with Gasteiger partial charge in [-0.25, -0.2) is 0 Å². The minimum absolute atomic E-state index is 0.170. The zero-order chi connectivity index (χ0) is 14.3. The van der Waals surface area contributed by atoms with E-state index in [1.807, 2.05) is 0 Å². The average molecular weight is 271 g/mol. The number of carboxylic acids is 2. The number of halogens is 3. The predicted octanol–water partition coefficient (Wildman–Crippen LogP) is 0.717. The maximum absolute atomic E-state index is 12.2. The molecule has 0 aromatic carbocycles. The van der Waals surface area contributed by atoms with Gasteiger partial charge in [0.15, 0.2) is 0 Å². The van der Waals surface area contributed by atoms with E-state index in [1.54, 1.807) is 0 Å². The third-order valence-corrected chi connectivity index (χ3v) is 1.94. The second-order valence-corrected chi connectivity index (χ2v) is 3.43. The molecule has 0 unspecified atom stereocenters. The fraction of sp³-hybridized carbons (Fsp3) is 0.667. The first-order valence-electron chi connectivity index (χ1n) is 4.94. The zero-order valence-corrected chi connectivity index (χ0v) is 9.24. The Morgan fingerprint density at radius 2 is 1.44 bits per heavy atom. The molecule has 6 nitrogen and oxygen atoms in total. The van der Waals surface area contributed by atoms with Crippen molar-refractivity contribution in [2.75, 3.05) is 13.1 Å². The highest BCUT2D eigenvalue weighted by Crippen LogP contribution is 2.19. The number of hydrogen-bond donors (Lipinski definition) is 2. The summed E-state index contributed by atoms with van der Waals surface area (Å²) in [6.45, 7) is -1.05. The van der Waals surface area contributed by atoms with Crippen LogP contribution in [-0.4, -0.2) is 52.2 Å². The molecule has 0 aliphatic rings. The Morgan fingerprint density at radius 1 is 0.944 bits per heavy atom.